The zero-order valence-electron chi connectivity index (χ0n) is 19.6. The molecule has 0 atom stereocenters. The normalized spacial score (nSPS) is 13.4. The summed E-state index contributed by atoms with van der Waals surface area (Å²) < 4.78 is 48.8. The maximum atomic E-state index is 14.5. The summed E-state index contributed by atoms with van der Waals surface area (Å²) in [6.07, 6.45) is 5.86. The molecule has 0 saturated heterocycles. The van der Waals surface area contributed by atoms with Crippen LogP contribution in [0.2, 0.25) is 0 Å². The number of ether oxygens (including phenoxy) is 1. The number of amides is 1. The third kappa shape index (κ3) is 6.13. The van der Waals surface area contributed by atoms with Crippen molar-refractivity contribution in [1.82, 2.24) is 19.5 Å². The smallest absolute Gasteiger partial charge is 0.267 e. The fourth-order valence-electron chi connectivity index (χ4n) is 3.72. The van der Waals surface area contributed by atoms with Gasteiger partial charge in [0.15, 0.2) is 0 Å². The standard InChI is InChI=1S/C23H25FN4O4S.K/c1-14(2)19-9-16(24)10-20(15-6-7-25-23(8-15)32-3)21(19)11-22(29)27-33(30,31)18-12-26-28(13-18)17-4-5-17;/h6-10,12-14,17H,4-5,11H2,1-3H3,(H,27,29);. The van der Waals surface area contributed by atoms with Gasteiger partial charge in [-0.25, -0.2) is 22.5 Å². The van der Waals surface area contributed by atoms with Crippen LogP contribution in [0.15, 0.2) is 47.8 Å². The summed E-state index contributed by atoms with van der Waals surface area (Å²) in [4.78, 5) is 16.9. The zero-order chi connectivity index (χ0) is 23.8. The summed E-state index contributed by atoms with van der Waals surface area (Å²) >= 11 is 0. The van der Waals surface area contributed by atoms with E-state index in [4.69, 9.17) is 4.74 Å². The van der Waals surface area contributed by atoms with Gasteiger partial charge in [-0.1, -0.05) is 13.8 Å². The van der Waals surface area contributed by atoms with Crippen molar-refractivity contribution in [2.75, 3.05) is 7.11 Å². The Morgan fingerprint density at radius 1 is 1.29 bits per heavy atom. The number of nitrogens with one attached hydrogen (secondary N) is 1. The van der Waals surface area contributed by atoms with E-state index in [2.05, 4.69) is 14.8 Å². The van der Waals surface area contributed by atoms with Gasteiger partial charge < -0.3 is 4.74 Å². The number of aromatic nitrogens is 3. The van der Waals surface area contributed by atoms with Gasteiger partial charge >= 0.3 is 0 Å². The van der Waals surface area contributed by atoms with Crippen LogP contribution in [-0.2, 0) is 21.2 Å². The Morgan fingerprint density at radius 2 is 2.03 bits per heavy atom. The monoisotopic (exact) mass is 511 g/mol. The number of methoxy groups -OCH3 is 1. The summed E-state index contributed by atoms with van der Waals surface area (Å²) in [7, 11) is -2.61. The predicted octanol–water partition coefficient (Wildman–Crippen LogP) is 3.22. The molecule has 0 bridgehead atoms. The van der Waals surface area contributed by atoms with Crippen molar-refractivity contribution in [3.05, 3.63) is 59.8 Å². The summed E-state index contributed by atoms with van der Waals surface area (Å²) in [6, 6.07) is 6.26. The molecule has 175 valence electrons. The average molecular weight is 512 g/mol. The minimum atomic E-state index is -4.08. The van der Waals surface area contributed by atoms with Crippen LogP contribution in [0, 0.1) is 5.82 Å². The Bertz CT molecular complexity index is 1310. The zero-order valence-corrected chi connectivity index (χ0v) is 23.5. The molecule has 11 heteroatoms. The first kappa shape index (κ1) is 27.0. The van der Waals surface area contributed by atoms with Crippen molar-refractivity contribution in [3.8, 4) is 17.0 Å². The SMILES string of the molecule is COc1cc(-c2cc(F)cc(C(C)C)c2CC(=O)NS(=O)(=O)c2cnn(C3CC3)c2)ccn1.[K]. The van der Waals surface area contributed by atoms with E-state index in [0.717, 1.165) is 12.8 Å². The van der Waals surface area contributed by atoms with E-state index >= 15 is 0 Å². The molecule has 3 aromatic rings. The Hall–Kier alpha value is -1.63. The minimum Gasteiger partial charge on any atom is -0.481 e. The van der Waals surface area contributed by atoms with Gasteiger partial charge in [0.2, 0.25) is 11.8 Å². The van der Waals surface area contributed by atoms with Crippen LogP contribution in [0.1, 0.15) is 49.8 Å². The fourth-order valence-corrected chi connectivity index (χ4v) is 4.64. The molecule has 0 unspecified atom stereocenters. The van der Waals surface area contributed by atoms with Crippen molar-refractivity contribution in [2.24, 2.45) is 0 Å². The van der Waals surface area contributed by atoms with E-state index in [-0.39, 0.29) is 74.7 Å². The molecule has 0 aliphatic heterocycles. The van der Waals surface area contributed by atoms with Crippen LogP contribution < -0.4 is 9.46 Å². The molecule has 1 aliphatic carbocycles. The number of carbonyl (C=O) groups excluding carboxylic acids is 1. The van der Waals surface area contributed by atoms with Crippen molar-refractivity contribution in [3.63, 3.8) is 0 Å². The number of nitrogens with zero attached hydrogens (tertiary/aromatic N) is 3. The molecule has 0 spiro atoms. The van der Waals surface area contributed by atoms with Crippen LogP contribution >= 0.6 is 0 Å². The van der Waals surface area contributed by atoms with Crippen LogP contribution in [-0.4, -0.2) is 87.6 Å². The van der Waals surface area contributed by atoms with Gasteiger partial charge in [0.25, 0.3) is 10.0 Å². The van der Waals surface area contributed by atoms with E-state index in [1.165, 1.54) is 37.8 Å². The molecule has 8 nitrogen and oxygen atoms in total. The Labute approximate surface area is 240 Å². The summed E-state index contributed by atoms with van der Waals surface area (Å²) in [5.74, 6) is -0.924. The first-order chi connectivity index (χ1) is 15.7. The number of halogens is 1. The fraction of sp³-hybridized carbons (Fsp3) is 0.348. The van der Waals surface area contributed by atoms with E-state index in [0.29, 0.717) is 28.1 Å². The maximum Gasteiger partial charge on any atom is 0.267 e. The van der Waals surface area contributed by atoms with Crippen molar-refractivity contribution in [1.29, 1.82) is 0 Å². The van der Waals surface area contributed by atoms with Gasteiger partial charge in [0.05, 0.1) is 25.8 Å². The average Bonchev–Trinajstić information content (AvgIpc) is 3.49. The second-order valence-corrected chi connectivity index (χ2v) is 10.0. The van der Waals surface area contributed by atoms with E-state index in [1.807, 2.05) is 13.8 Å². The van der Waals surface area contributed by atoms with Crippen LogP contribution in [0.3, 0.4) is 0 Å². The van der Waals surface area contributed by atoms with E-state index < -0.39 is 21.7 Å². The number of hydrogen-bond acceptors (Lipinski definition) is 6. The van der Waals surface area contributed by atoms with Crippen molar-refractivity contribution in [2.45, 2.75) is 50.0 Å². The molecule has 1 amide bonds. The van der Waals surface area contributed by atoms with Gasteiger partial charge in [0.1, 0.15) is 10.7 Å². The van der Waals surface area contributed by atoms with Crippen molar-refractivity contribution >= 4 is 67.3 Å². The third-order valence-corrected chi connectivity index (χ3v) is 6.85. The summed E-state index contributed by atoms with van der Waals surface area (Å²) in [5.41, 5.74) is 2.25. The Kier molecular flexibility index (Phi) is 8.69. The van der Waals surface area contributed by atoms with Crippen molar-refractivity contribution < 1.29 is 22.3 Å². The first-order valence-corrected chi connectivity index (χ1v) is 12.1. The summed E-state index contributed by atoms with van der Waals surface area (Å²) in [6.45, 7) is 3.77. The molecule has 1 N–H and O–H groups in total. The largest absolute Gasteiger partial charge is 0.481 e. The third-order valence-electron chi connectivity index (χ3n) is 5.52. The maximum absolute atomic E-state index is 14.5. The van der Waals surface area contributed by atoms with Gasteiger partial charge in [-0.15, -0.1) is 0 Å². The number of benzene rings is 1. The van der Waals surface area contributed by atoms with E-state index in [1.54, 1.807) is 16.8 Å². The molecular formula is C23H25FKN4O4S. The molecule has 1 aliphatic rings. The topological polar surface area (TPSA) is 103 Å². The molecule has 1 aromatic carbocycles. The molecule has 2 heterocycles. The number of hydrogen-bond donors (Lipinski definition) is 1. The molecule has 4 rings (SSSR count). The second-order valence-electron chi connectivity index (χ2n) is 8.36. The molecule has 34 heavy (non-hydrogen) atoms. The predicted molar refractivity (Wildman–Crippen MR) is 126 cm³/mol. The number of carbonyl (C=O) groups is 1. The molecular weight excluding hydrogens is 486 g/mol. The molecule has 1 saturated carbocycles. The van der Waals surface area contributed by atoms with E-state index in [9.17, 15) is 17.6 Å². The first-order valence-electron chi connectivity index (χ1n) is 10.6. The van der Waals surface area contributed by atoms with Gasteiger partial charge in [0, 0.05) is 69.8 Å². The van der Waals surface area contributed by atoms with Gasteiger partial charge in [-0.05, 0) is 59.2 Å². The van der Waals surface area contributed by atoms with Gasteiger partial charge in [-0.3, -0.25) is 9.48 Å². The Balaban J connectivity index is 0.00000324. The quantitative estimate of drug-likeness (QED) is 0.466. The van der Waals surface area contributed by atoms with Crippen LogP contribution in [0.25, 0.3) is 11.1 Å². The molecule has 2 aromatic heterocycles. The molecule has 1 radical (unpaired) electrons. The Morgan fingerprint density at radius 3 is 2.68 bits per heavy atom. The number of pyridine rings is 1. The number of rotatable bonds is 8. The van der Waals surface area contributed by atoms with Crippen LogP contribution in [0.5, 0.6) is 5.88 Å². The van der Waals surface area contributed by atoms with Gasteiger partial charge in [-0.2, -0.15) is 5.10 Å². The molecule has 1 fully saturated rings. The number of sulfonamides is 1. The minimum absolute atomic E-state index is 0. The van der Waals surface area contributed by atoms with Crippen LogP contribution in [0.4, 0.5) is 4.39 Å². The summed E-state index contributed by atoms with van der Waals surface area (Å²) in [5, 5.41) is 4.08. The second kappa shape index (κ2) is 11.0.